The summed E-state index contributed by atoms with van der Waals surface area (Å²) in [5.74, 6) is 0.828. The molecule has 1 aliphatic rings. The van der Waals surface area contributed by atoms with Gasteiger partial charge in [-0.05, 0) is 108 Å². The molecule has 1 fully saturated rings. The van der Waals surface area contributed by atoms with Gasteiger partial charge >= 0.3 is 0 Å². The van der Waals surface area contributed by atoms with Crippen molar-refractivity contribution in [1.82, 2.24) is 15.5 Å². The fourth-order valence-electron chi connectivity index (χ4n) is 5.76. The molecule has 234 valence electrons. The number of aliphatic imine (C=N–C) groups is 1. The van der Waals surface area contributed by atoms with Gasteiger partial charge in [0.1, 0.15) is 11.7 Å². The van der Waals surface area contributed by atoms with Crippen LogP contribution in [0.1, 0.15) is 110 Å². The molecule has 1 amide bonds. The van der Waals surface area contributed by atoms with Gasteiger partial charge in [-0.3, -0.25) is 4.79 Å². The first-order valence-electron chi connectivity index (χ1n) is 16.1. The molecule has 0 aliphatic heterocycles. The van der Waals surface area contributed by atoms with Gasteiger partial charge in [-0.25, -0.2) is 4.99 Å². The Kier molecular flexibility index (Phi) is 14.9. The highest BCUT2D eigenvalue weighted by Gasteiger charge is 2.27. The van der Waals surface area contributed by atoms with E-state index in [1.54, 1.807) is 6.92 Å². The third-order valence-corrected chi connectivity index (χ3v) is 8.61. The van der Waals surface area contributed by atoms with E-state index in [4.69, 9.17) is 10.7 Å². The number of nitrogens with two attached hydrogens (primary N) is 1. The van der Waals surface area contributed by atoms with Crippen LogP contribution in [0.4, 0.5) is 5.69 Å². The fraction of sp³-hybridized carbons (Fsp3) is 0.600. The summed E-state index contributed by atoms with van der Waals surface area (Å²) in [6.45, 7) is 21.4. The predicted molar refractivity (Wildman–Crippen MR) is 181 cm³/mol. The van der Waals surface area contributed by atoms with Gasteiger partial charge in [0.15, 0.2) is 0 Å². The van der Waals surface area contributed by atoms with E-state index in [9.17, 15) is 4.79 Å². The lowest BCUT2D eigenvalue weighted by Gasteiger charge is -2.37. The largest absolute Gasteiger partial charge is 0.388 e. The SMILES string of the molecule is C=C(NC)c1ccc(NC(/N=C(NC2CCC(N(CCC)CCCC)CC2)\C(CC)=C(/C)CC)=C(/C)C(N)=O)cc1C. The summed E-state index contributed by atoms with van der Waals surface area (Å²) >= 11 is 0. The van der Waals surface area contributed by atoms with Crippen molar-refractivity contribution < 1.29 is 4.79 Å². The Labute approximate surface area is 256 Å². The normalized spacial score (nSPS) is 18.7. The minimum absolute atomic E-state index is 0.338. The fourth-order valence-corrected chi connectivity index (χ4v) is 5.76. The Bertz CT molecular complexity index is 1140. The summed E-state index contributed by atoms with van der Waals surface area (Å²) in [4.78, 5) is 20.3. The number of hydrogen-bond donors (Lipinski definition) is 4. The maximum Gasteiger partial charge on any atom is 0.248 e. The first-order valence-corrected chi connectivity index (χ1v) is 16.1. The number of amides is 1. The van der Waals surface area contributed by atoms with Crippen LogP contribution >= 0.6 is 0 Å². The quantitative estimate of drug-likeness (QED) is 0.0941. The Morgan fingerprint density at radius 2 is 1.74 bits per heavy atom. The summed E-state index contributed by atoms with van der Waals surface area (Å²) in [7, 11) is 1.87. The van der Waals surface area contributed by atoms with Crippen LogP contribution in [-0.2, 0) is 4.79 Å². The third kappa shape index (κ3) is 10.0. The number of carbonyl (C=O) groups is 1. The van der Waals surface area contributed by atoms with E-state index < -0.39 is 5.91 Å². The molecule has 0 aromatic heterocycles. The van der Waals surface area contributed by atoms with E-state index in [0.29, 0.717) is 23.5 Å². The number of nitrogens with zero attached hydrogens (tertiary/aromatic N) is 2. The highest BCUT2D eigenvalue weighted by molar-refractivity contribution is 6.01. The molecule has 0 saturated heterocycles. The molecular formula is C35H58N6O. The summed E-state index contributed by atoms with van der Waals surface area (Å²) < 4.78 is 0. The van der Waals surface area contributed by atoms with E-state index in [2.05, 4.69) is 62.0 Å². The molecule has 1 aliphatic carbocycles. The molecule has 0 radical (unpaired) electrons. The van der Waals surface area contributed by atoms with Gasteiger partial charge in [0, 0.05) is 36.1 Å². The number of hydrogen-bond acceptors (Lipinski definition) is 5. The number of carbonyl (C=O) groups excluding carboxylic acids is 1. The standard InChI is InChI=1S/C35H58N6O/c1-10-14-22-41(21-11-2)30-18-15-28(16-19-30)38-35(31(13-4)24(5)12-3)40-34(26(7)33(36)42)39-29-17-20-32(25(6)23-29)27(8)37-9/h17,20,23,28,30,37,39H,8,10-16,18-19,21-22H2,1-7,9H3,(H2,36,42)(H,38,40)/b31-24+,34-26+. The minimum Gasteiger partial charge on any atom is -0.388 e. The number of allylic oxidation sites excluding steroid dienone is 1. The van der Waals surface area contributed by atoms with Gasteiger partial charge in [0.2, 0.25) is 5.91 Å². The molecule has 2 rings (SSSR count). The van der Waals surface area contributed by atoms with Crippen molar-refractivity contribution in [2.24, 2.45) is 10.7 Å². The molecule has 42 heavy (non-hydrogen) atoms. The zero-order chi connectivity index (χ0) is 31.2. The number of benzene rings is 1. The number of aryl methyl sites for hydroxylation is 1. The van der Waals surface area contributed by atoms with Crippen LogP contribution in [0.25, 0.3) is 5.70 Å². The van der Waals surface area contributed by atoms with Gasteiger partial charge in [-0.1, -0.05) is 52.3 Å². The highest BCUT2D eigenvalue weighted by atomic mass is 16.1. The lowest BCUT2D eigenvalue weighted by molar-refractivity contribution is -0.114. The minimum atomic E-state index is -0.490. The van der Waals surface area contributed by atoms with Gasteiger partial charge in [0.05, 0.1) is 5.57 Å². The monoisotopic (exact) mass is 578 g/mol. The second-order valence-electron chi connectivity index (χ2n) is 11.7. The number of rotatable bonds is 16. The number of unbranched alkanes of at least 4 members (excludes halogenated alkanes) is 1. The summed E-state index contributed by atoms with van der Waals surface area (Å²) in [6.07, 6.45) is 10.1. The second-order valence-corrected chi connectivity index (χ2v) is 11.7. The molecule has 7 heteroatoms. The Morgan fingerprint density at radius 1 is 1.05 bits per heavy atom. The number of anilines is 1. The zero-order valence-electron chi connectivity index (χ0n) is 27.8. The van der Waals surface area contributed by atoms with E-state index in [1.807, 2.05) is 32.2 Å². The molecular weight excluding hydrogens is 520 g/mol. The summed E-state index contributed by atoms with van der Waals surface area (Å²) in [5, 5.41) is 10.4. The average Bonchev–Trinajstić information content (AvgIpc) is 2.98. The van der Waals surface area contributed by atoms with Crippen molar-refractivity contribution in [3.8, 4) is 0 Å². The first-order chi connectivity index (χ1) is 20.1. The molecule has 0 spiro atoms. The van der Waals surface area contributed by atoms with Crippen LogP contribution in [0.3, 0.4) is 0 Å². The highest BCUT2D eigenvalue weighted by Crippen LogP contribution is 2.26. The zero-order valence-corrected chi connectivity index (χ0v) is 27.8. The van der Waals surface area contributed by atoms with Gasteiger partial charge in [-0.2, -0.15) is 0 Å². The van der Waals surface area contributed by atoms with Crippen molar-refractivity contribution >= 4 is 23.1 Å². The Hall–Kier alpha value is -3.06. The molecule has 1 saturated carbocycles. The predicted octanol–water partition coefficient (Wildman–Crippen LogP) is 7.26. The van der Waals surface area contributed by atoms with Crippen molar-refractivity contribution in [3.05, 3.63) is 58.4 Å². The Morgan fingerprint density at radius 3 is 2.26 bits per heavy atom. The third-order valence-electron chi connectivity index (χ3n) is 8.61. The van der Waals surface area contributed by atoms with E-state index >= 15 is 0 Å². The van der Waals surface area contributed by atoms with Gasteiger partial charge in [-0.15, -0.1) is 0 Å². The topological polar surface area (TPSA) is 94.8 Å². The molecule has 0 heterocycles. The first kappa shape index (κ1) is 35.1. The van der Waals surface area contributed by atoms with Crippen molar-refractivity contribution in [3.63, 3.8) is 0 Å². The van der Waals surface area contributed by atoms with E-state index in [1.165, 1.54) is 56.3 Å². The number of nitrogens with one attached hydrogen (secondary N) is 3. The lowest BCUT2D eigenvalue weighted by Crippen LogP contribution is -2.45. The van der Waals surface area contributed by atoms with Crippen LogP contribution < -0.4 is 21.7 Å². The average molecular weight is 579 g/mol. The second kappa shape index (κ2) is 17.8. The van der Waals surface area contributed by atoms with Crippen molar-refractivity contribution in [1.29, 1.82) is 0 Å². The molecule has 0 atom stereocenters. The molecule has 0 bridgehead atoms. The Balaban J connectivity index is 2.41. The maximum absolute atomic E-state index is 12.4. The van der Waals surface area contributed by atoms with Crippen LogP contribution in [0, 0.1) is 6.92 Å². The van der Waals surface area contributed by atoms with Crippen LogP contribution in [0.5, 0.6) is 0 Å². The van der Waals surface area contributed by atoms with Gasteiger partial charge in [0.25, 0.3) is 0 Å². The molecule has 7 nitrogen and oxygen atoms in total. The van der Waals surface area contributed by atoms with E-state index in [-0.39, 0.29) is 0 Å². The van der Waals surface area contributed by atoms with Crippen molar-refractivity contribution in [2.75, 3.05) is 25.5 Å². The smallest absolute Gasteiger partial charge is 0.248 e. The van der Waals surface area contributed by atoms with Crippen LogP contribution in [0.15, 0.2) is 52.3 Å². The molecule has 5 N–H and O–H groups in total. The van der Waals surface area contributed by atoms with Crippen LogP contribution in [-0.4, -0.2) is 48.9 Å². The maximum atomic E-state index is 12.4. The van der Waals surface area contributed by atoms with Gasteiger partial charge < -0.3 is 26.6 Å². The van der Waals surface area contributed by atoms with Crippen LogP contribution in [0.2, 0.25) is 0 Å². The molecule has 1 aromatic rings. The lowest BCUT2D eigenvalue weighted by atomic mass is 9.89. The molecule has 1 aromatic carbocycles. The summed E-state index contributed by atoms with van der Waals surface area (Å²) in [6, 6.07) is 7.05. The number of primary amides is 1. The number of amidine groups is 1. The van der Waals surface area contributed by atoms with Crippen molar-refractivity contribution in [2.45, 2.75) is 118 Å². The molecule has 0 unspecified atom stereocenters. The summed E-state index contributed by atoms with van der Waals surface area (Å²) in [5.41, 5.74) is 12.5. The van der Waals surface area contributed by atoms with E-state index in [0.717, 1.165) is 54.0 Å².